The highest BCUT2D eigenvalue weighted by Gasteiger charge is 2.57. The summed E-state index contributed by atoms with van der Waals surface area (Å²) >= 11 is 0. The Kier molecular flexibility index (Phi) is 4.13. The van der Waals surface area contributed by atoms with Gasteiger partial charge in [0.25, 0.3) is 0 Å². The van der Waals surface area contributed by atoms with E-state index >= 15 is 0 Å². The molecule has 20 heavy (non-hydrogen) atoms. The quantitative estimate of drug-likeness (QED) is 0.427. The summed E-state index contributed by atoms with van der Waals surface area (Å²) in [4.78, 5) is 0. The van der Waals surface area contributed by atoms with Gasteiger partial charge in [-0.25, -0.2) is 0 Å². The van der Waals surface area contributed by atoms with Gasteiger partial charge >= 0.3 is 0 Å². The zero-order valence-electron chi connectivity index (χ0n) is 13.3. The second-order valence-corrected chi connectivity index (χ2v) is 8.34. The second-order valence-electron chi connectivity index (χ2n) is 8.34. The molecule has 3 atom stereocenters. The first-order valence-electron chi connectivity index (χ1n) is 8.54. The molecule has 3 heteroatoms. The zero-order valence-corrected chi connectivity index (χ0v) is 13.3. The highest BCUT2D eigenvalue weighted by molar-refractivity contribution is 5.09. The fourth-order valence-electron chi connectivity index (χ4n) is 6.37. The number of hydrogen-bond acceptors (Lipinski definition) is 3. The number of unbranched alkanes of at least 4 members (excludes halogenated alkanes) is 1. The van der Waals surface area contributed by atoms with Crippen molar-refractivity contribution in [2.45, 2.75) is 70.8 Å². The standard InChI is InChI=1S/C17H32N2O/c1-16-8-13-7-14(9-16)11-17(10-13,12-16)15(19-18)5-3-4-6-20-2/h13-15,19H,3-12,18H2,1-2H3. The molecule has 0 heterocycles. The molecule has 3 nitrogen and oxygen atoms in total. The molecule has 0 radical (unpaired) electrons. The molecule has 4 bridgehead atoms. The molecule has 4 rings (SSSR count). The molecule has 0 aromatic heterocycles. The molecule has 4 aliphatic carbocycles. The summed E-state index contributed by atoms with van der Waals surface area (Å²) in [6.45, 7) is 3.42. The molecule has 4 fully saturated rings. The summed E-state index contributed by atoms with van der Waals surface area (Å²) < 4.78 is 5.17. The van der Waals surface area contributed by atoms with Crippen LogP contribution in [0.15, 0.2) is 0 Å². The highest BCUT2D eigenvalue weighted by Crippen LogP contribution is 2.66. The van der Waals surface area contributed by atoms with Gasteiger partial charge in [-0.05, 0) is 80.5 Å². The fourth-order valence-corrected chi connectivity index (χ4v) is 6.37. The van der Waals surface area contributed by atoms with E-state index in [1.165, 1.54) is 51.4 Å². The molecular formula is C17H32N2O. The Morgan fingerprint density at radius 1 is 1.20 bits per heavy atom. The summed E-state index contributed by atoms with van der Waals surface area (Å²) in [6.07, 6.45) is 12.3. The summed E-state index contributed by atoms with van der Waals surface area (Å²) in [5.41, 5.74) is 4.33. The van der Waals surface area contributed by atoms with Crippen LogP contribution in [-0.2, 0) is 4.74 Å². The van der Waals surface area contributed by atoms with Gasteiger partial charge in [-0.1, -0.05) is 6.92 Å². The van der Waals surface area contributed by atoms with E-state index < -0.39 is 0 Å². The van der Waals surface area contributed by atoms with Crippen molar-refractivity contribution < 1.29 is 4.74 Å². The monoisotopic (exact) mass is 280 g/mol. The van der Waals surface area contributed by atoms with Crippen molar-refractivity contribution in [1.82, 2.24) is 5.43 Å². The first kappa shape index (κ1) is 14.8. The van der Waals surface area contributed by atoms with Gasteiger partial charge in [0.05, 0.1) is 0 Å². The van der Waals surface area contributed by atoms with Gasteiger partial charge in [0.15, 0.2) is 0 Å². The Labute approximate surface area is 124 Å². The molecule has 3 unspecified atom stereocenters. The van der Waals surface area contributed by atoms with Crippen LogP contribution in [0, 0.1) is 22.7 Å². The van der Waals surface area contributed by atoms with Gasteiger partial charge in [0, 0.05) is 19.8 Å². The third kappa shape index (κ3) is 2.65. The predicted octanol–water partition coefficient (Wildman–Crippen LogP) is 3.24. The molecule has 4 aliphatic rings. The molecule has 0 spiro atoms. The van der Waals surface area contributed by atoms with Crippen LogP contribution in [0.2, 0.25) is 0 Å². The SMILES string of the molecule is COCCCCC(NN)C12CC3CC(CC(C)(C3)C1)C2. The molecular weight excluding hydrogens is 248 g/mol. The van der Waals surface area contributed by atoms with Crippen LogP contribution in [0.5, 0.6) is 0 Å². The van der Waals surface area contributed by atoms with Crippen LogP contribution >= 0.6 is 0 Å². The largest absolute Gasteiger partial charge is 0.385 e. The van der Waals surface area contributed by atoms with Gasteiger partial charge in [-0.15, -0.1) is 0 Å². The maximum atomic E-state index is 5.97. The number of nitrogens with one attached hydrogen (secondary N) is 1. The van der Waals surface area contributed by atoms with E-state index in [4.69, 9.17) is 10.6 Å². The van der Waals surface area contributed by atoms with Gasteiger partial charge in [-0.3, -0.25) is 11.3 Å². The summed E-state index contributed by atoms with van der Waals surface area (Å²) in [6, 6.07) is 0.518. The normalized spacial score (nSPS) is 44.0. The summed E-state index contributed by atoms with van der Waals surface area (Å²) in [5.74, 6) is 7.94. The molecule has 0 aromatic carbocycles. The van der Waals surface area contributed by atoms with Gasteiger partial charge < -0.3 is 4.74 Å². The van der Waals surface area contributed by atoms with E-state index in [1.807, 2.05) is 0 Å². The van der Waals surface area contributed by atoms with E-state index in [0.29, 0.717) is 16.9 Å². The van der Waals surface area contributed by atoms with E-state index in [-0.39, 0.29) is 0 Å². The van der Waals surface area contributed by atoms with Crippen molar-refractivity contribution in [2.24, 2.45) is 28.5 Å². The van der Waals surface area contributed by atoms with Gasteiger partial charge in [0.1, 0.15) is 0 Å². The van der Waals surface area contributed by atoms with Crippen molar-refractivity contribution in [3.8, 4) is 0 Å². The first-order valence-corrected chi connectivity index (χ1v) is 8.54. The van der Waals surface area contributed by atoms with E-state index in [0.717, 1.165) is 24.9 Å². The van der Waals surface area contributed by atoms with Crippen LogP contribution in [0.3, 0.4) is 0 Å². The minimum absolute atomic E-state index is 0.501. The smallest absolute Gasteiger partial charge is 0.0462 e. The Bertz CT molecular complexity index is 330. The molecule has 0 aliphatic heterocycles. The lowest BCUT2D eigenvalue weighted by atomic mass is 9.43. The van der Waals surface area contributed by atoms with E-state index in [1.54, 1.807) is 7.11 Å². The number of hydrazine groups is 1. The average Bonchev–Trinajstić information content (AvgIpc) is 2.35. The zero-order chi connectivity index (χ0) is 14.2. The number of ether oxygens (including phenoxy) is 1. The molecule has 0 amide bonds. The number of rotatable bonds is 7. The Balaban J connectivity index is 1.67. The first-order chi connectivity index (χ1) is 9.59. The van der Waals surface area contributed by atoms with Crippen molar-refractivity contribution in [1.29, 1.82) is 0 Å². The number of methoxy groups -OCH3 is 1. The van der Waals surface area contributed by atoms with Crippen molar-refractivity contribution >= 4 is 0 Å². The fraction of sp³-hybridized carbons (Fsp3) is 1.00. The Morgan fingerprint density at radius 3 is 2.45 bits per heavy atom. The van der Waals surface area contributed by atoms with Gasteiger partial charge in [-0.2, -0.15) is 0 Å². The minimum Gasteiger partial charge on any atom is -0.385 e. The van der Waals surface area contributed by atoms with Crippen LogP contribution in [0.25, 0.3) is 0 Å². The minimum atomic E-state index is 0.501. The van der Waals surface area contributed by atoms with Gasteiger partial charge in [0.2, 0.25) is 0 Å². The van der Waals surface area contributed by atoms with Crippen LogP contribution < -0.4 is 11.3 Å². The Morgan fingerprint density at radius 2 is 1.90 bits per heavy atom. The highest BCUT2D eigenvalue weighted by atomic mass is 16.5. The molecule has 0 aromatic rings. The average molecular weight is 280 g/mol. The topological polar surface area (TPSA) is 47.3 Å². The van der Waals surface area contributed by atoms with Crippen molar-refractivity contribution in [2.75, 3.05) is 13.7 Å². The lowest BCUT2D eigenvalue weighted by molar-refractivity contribution is -0.119. The maximum Gasteiger partial charge on any atom is 0.0462 e. The van der Waals surface area contributed by atoms with Crippen LogP contribution in [0.1, 0.15) is 64.7 Å². The molecule has 4 saturated carbocycles. The third-order valence-corrected chi connectivity index (χ3v) is 6.43. The maximum absolute atomic E-state index is 5.97. The lowest BCUT2D eigenvalue weighted by Gasteiger charge is -2.63. The molecule has 3 N–H and O–H groups in total. The van der Waals surface area contributed by atoms with Crippen molar-refractivity contribution in [3.05, 3.63) is 0 Å². The lowest BCUT2D eigenvalue weighted by Crippen LogP contribution is -2.59. The number of hydrogen-bond donors (Lipinski definition) is 2. The third-order valence-electron chi connectivity index (χ3n) is 6.43. The Hall–Kier alpha value is -0.120. The van der Waals surface area contributed by atoms with Crippen LogP contribution in [0.4, 0.5) is 0 Å². The second kappa shape index (κ2) is 5.58. The van der Waals surface area contributed by atoms with E-state index in [2.05, 4.69) is 12.3 Å². The molecule has 0 saturated heterocycles. The summed E-state index contributed by atoms with van der Waals surface area (Å²) in [5, 5.41) is 0. The van der Waals surface area contributed by atoms with E-state index in [9.17, 15) is 0 Å². The summed E-state index contributed by atoms with van der Waals surface area (Å²) in [7, 11) is 1.79. The predicted molar refractivity (Wildman–Crippen MR) is 82.1 cm³/mol. The van der Waals surface area contributed by atoms with Crippen molar-refractivity contribution in [3.63, 3.8) is 0 Å². The number of nitrogens with two attached hydrogens (primary N) is 1. The molecule has 116 valence electrons. The van der Waals surface area contributed by atoms with Crippen LogP contribution in [-0.4, -0.2) is 19.8 Å².